The van der Waals surface area contributed by atoms with Crippen molar-refractivity contribution in [1.29, 1.82) is 0 Å². The lowest BCUT2D eigenvalue weighted by Crippen LogP contribution is -1.79. The standard InChI is InChI=1S/C5H11BrS/c1-2-4-7-5-3-6/h2-5H2,1H3. The van der Waals surface area contributed by atoms with E-state index in [-0.39, 0.29) is 0 Å². The normalized spacial score (nSPS) is 9.43. The van der Waals surface area contributed by atoms with E-state index in [4.69, 9.17) is 0 Å². The van der Waals surface area contributed by atoms with Crippen molar-refractivity contribution in [2.45, 2.75) is 13.3 Å². The summed E-state index contributed by atoms with van der Waals surface area (Å²) < 4.78 is 0. The minimum atomic E-state index is 1.14. The first-order valence-electron chi connectivity index (χ1n) is 2.55. The summed E-state index contributed by atoms with van der Waals surface area (Å²) in [6.45, 7) is 2.21. The molecular weight excluding hydrogens is 172 g/mol. The number of thioether (sulfide) groups is 1. The van der Waals surface area contributed by atoms with Crippen LogP contribution in [-0.2, 0) is 0 Å². The third kappa shape index (κ3) is 6.83. The zero-order chi connectivity index (χ0) is 5.54. The molecule has 2 heteroatoms. The van der Waals surface area contributed by atoms with Crippen molar-refractivity contribution < 1.29 is 0 Å². The molecule has 0 saturated carbocycles. The first-order valence-corrected chi connectivity index (χ1v) is 4.83. The average Bonchev–Trinajstić information content (AvgIpc) is 1.69. The molecule has 0 aliphatic heterocycles. The van der Waals surface area contributed by atoms with Crippen LogP contribution < -0.4 is 0 Å². The molecule has 0 saturated heterocycles. The Morgan fingerprint density at radius 1 is 1.43 bits per heavy atom. The van der Waals surface area contributed by atoms with E-state index in [1.807, 2.05) is 11.8 Å². The van der Waals surface area contributed by atoms with Crippen LogP contribution in [0.4, 0.5) is 0 Å². The largest absolute Gasteiger partial charge is 0.161 e. The number of hydrogen-bond donors (Lipinski definition) is 0. The van der Waals surface area contributed by atoms with Crippen LogP contribution in [0, 0.1) is 0 Å². The zero-order valence-electron chi connectivity index (χ0n) is 4.61. The van der Waals surface area contributed by atoms with Gasteiger partial charge < -0.3 is 0 Å². The topological polar surface area (TPSA) is 0 Å². The maximum Gasteiger partial charge on any atom is 0.0122 e. The molecule has 0 nitrogen and oxygen atoms in total. The van der Waals surface area contributed by atoms with E-state index in [1.54, 1.807) is 0 Å². The van der Waals surface area contributed by atoms with Gasteiger partial charge in [0.25, 0.3) is 0 Å². The fourth-order valence-corrected chi connectivity index (χ4v) is 1.59. The second-order valence-electron chi connectivity index (χ2n) is 1.30. The highest BCUT2D eigenvalue weighted by Crippen LogP contribution is 2.01. The molecule has 0 spiro atoms. The maximum absolute atomic E-state index is 3.36. The van der Waals surface area contributed by atoms with Gasteiger partial charge in [-0.1, -0.05) is 22.9 Å². The lowest BCUT2D eigenvalue weighted by atomic mass is 10.6. The summed E-state index contributed by atoms with van der Waals surface area (Å²) in [6, 6.07) is 0. The van der Waals surface area contributed by atoms with E-state index >= 15 is 0 Å². The molecule has 0 aromatic rings. The van der Waals surface area contributed by atoms with Crippen molar-refractivity contribution >= 4 is 27.7 Å². The number of rotatable bonds is 4. The average molecular weight is 183 g/mol. The van der Waals surface area contributed by atoms with Crippen LogP contribution in [0.2, 0.25) is 0 Å². The first kappa shape index (κ1) is 7.83. The molecule has 0 bridgehead atoms. The maximum atomic E-state index is 3.36. The Labute approximate surface area is 58.2 Å². The monoisotopic (exact) mass is 182 g/mol. The molecule has 0 rings (SSSR count). The van der Waals surface area contributed by atoms with Crippen molar-refractivity contribution in [1.82, 2.24) is 0 Å². The zero-order valence-corrected chi connectivity index (χ0v) is 7.02. The van der Waals surface area contributed by atoms with Gasteiger partial charge in [-0.25, -0.2) is 0 Å². The Morgan fingerprint density at radius 3 is 2.57 bits per heavy atom. The minimum absolute atomic E-state index is 1.14. The summed E-state index contributed by atoms with van der Waals surface area (Å²) in [5.74, 6) is 2.57. The van der Waals surface area contributed by atoms with Gasteiger partial charge in [0.15, 0.2) is 0 Å². The minimum Gasteiger partial charge on any atom is -0.161 e. The van der Waals surface area contributed by atoms with Crippen LogP contribution >= 0.6 is 27.7 Å². The molecule has 0 fully saturated rings. The van der Waals surface area contributed by atoms with E-state index in [0.717, 1.165) is 5.33 Å². The van der Waals surface area contributed by atoms with Gasteiger partial charge in [-0.05, 0) is 12.2 Å². The van der Waals surface area contributed by atoms with E-state index in [0.29, 0.717) is 0 Å². The summed E-state index contributed by atoms with van der Waals surface area (Å²) in [5.41, 5.74) is 0. The van der Waals surface area contributed by atoms with Crippen LogP contribution in [0.5, 0.6) is 0 Å². The summed E-state index contributed by atoms with van der Waals surface area (Å²) in [4.78, 5) is 0. The predicted octanol–water partition coefficient (Wildman–Crippen LogP) is 2.52. The molecule has 0 radical (unpaired) electrons. The van der Waals surface area contributed by atoms with Crippen LogP contribution in [0.15, 0.2) is 0 Å². The fraction of sp³-hybridized carbons (Fsp3) is 1.00. The molecule has 7 heavy (non-hydrogen) atoms. The van der Waals surface area contributed by atoms with E-state index in [9.17, 15) is 0 Å². The molecule has 0 aromatic heterocycles. The van der Waals surface area contributed by atoms with Gasteiger partial charge in [0.05, 0.1) is 0 Å². The van der Waals surface area contributed by atoms with Crippen molar-refractivity contribution in [2.75, 3.05) is 16.8 Å². The van der Waals surface area contributed by atoms with Crippen molar-refractivity contribution in [3.05, 3.63) is 0 Å². The highest BCUT2D eigenvalue weighted by Gasteiger charge is 1.80. The van der Waals surface area contributed by atoms with Gasteiger partial charge in [0, 0.05) is 11.1 Å². The fourth-order valence-electron chi connectivity index (χ4n) is 0.301. The second kappa shape index (κ2) is 6.83. The summed E-state index contributed by atoms with van der Waals surface area (Å²) >= 11 is 5.37. The Kier molecular flexibility index (Phi) is 7.64. The number of halogens is 1. The van der Waals surface area contributed by atoms with E-state index < -0.39 is 0 Å². The quantitative estimate of drug-likeness (QED) is 0.476. The Bertz CT molecular complexity index is 27.3. The highest BCUT2D eigenvalue weighted by atomic mass is 79.9. The van der Waals surface area contributed by atoms with Gasteiger partial charge >= 0.3 is 0 Å². The molecule has 0 N–H and O–H groups in total. The molecule has 44 valence electrons. The van der Waals surface area contributed by atoms with Gasteiger partial charge in [-0.2, -0.15) is 11.8 Å². The van der Waals surface area contributed by atoms with Crippen molar-refractivity contribution in [3.63, 3.8) is 0 Å². The van der Waals surface area contributed by atoms with Gasteiger partial charge in [0.1, 0.15) is 0 Å². The number of alkyl halides is 1. The highest BCUT2D eigenvalue weighted by molar-refractivity contribution is 9.09. The third-order valence-corrected chi connectivity index (χ3v) is 2.68. The summed E-state index contributed by atoms with van der Waals surface area (Å²) in [7, 11) is 0. The molecule has 0 heterocycles. The lowest BCUT2D eigenvalue weighted by Gasteiger charge is -1.90. The Morgan fingerprint density at radius 2 is 2.14 bits per heavy atom. The van der Waals surface area contributed by atoms with Crippen molar-refractivity contribution in [3.8, 4) is 0 Å². The van der Waals surface area contributed by atoms with Crippen LogP contribution in [0.25, 0.3) is 0 Å². The molecule has 0 aromatic carbocycles. The first-order chi connectivity index (χ1) is 3.41. The van der Waals surface area contributed by atoms with Gasteiger partial charge in [-0.3, -0.25) is 0 Å². The van der Waals surface area contributed by atoms with E-state index in [2.05, 4.69) is 22.9 Å². The Balaban J connectivity index is 2.45. The smallest absolute Gasteiger partial charge is 0.0122 e. The molecule has 0 aliphatic rings. The Hall–Kier alpha value is 0.830. The van der Waals surface area contributed by atoms with Crippen LogP contribution in [0.3, 0.4) is 0 Å². The molecule has 0 atom stereocenters. The lowest BCUT2D eigenvalue weighted by molar-refractivity contribution is 1.11. The molecule has 0 amide bonds. The molecule has 0 unspecified atom stereocenters. The molecular formula is C5H11BrS. The summed E-state index contributed by atoms with van der Waals surface area (Å²) in [5, 5.41) is 1.14. The van der Waals surface area contributed by atoms with Gasteiger partial charge in [-0.15, -0.1) is 0 Å². The number of hydrogen-bond acceptors (Lipinski definition) is 1. The predicted molar refractivity (Wildman–Crippen MR) is 41.4 cm³/mol. The third-order valence-electron chi connectivity index (χ3n) is 0.570. The second-order valence-corrected chi connectivity index (χ2v) is 3.32. The SMILES string of the molecule is CCCSCCBr. The summed E-state index contributed by atoms with van der Waals surface area (Å²) in [6.07, 6.45) is 1.30. The molecule has 0 aliphatic carbocycles. The van der Waals surface area contributed by atoms with Crippen molar-refractivity contribution in [2.24, 2.45) is 0 Å². The van der Waals surface area contributed by atoms with Crippen LogP contribution in [0.1, 0.15) is 13.3 Å². The van der Waals surface area contributed by atoms with Crippen LogP contribution in [-0.4, -0.2) is 16.8 Å². The van der Waals surface area contributed by atoms with E-state index in [1.165, 1.54) is 17.9 Å². The van der Waals surface area contributed by atoms with Gasteiger partial charge in [0.2, 0.25) is 0 Å².